The van der Waals surface area contributed by atoms with Crippen molar-refractivity contribution in [3.05, 3.63) is 35.4 Å². The van der Waals surface area contributed by atoms with Crippen molar-refractivity contribution in [1.29, 1.82) is 0 Å². The number of piperidine rings is 1. The van der Waals surface area contributed by atoms with E-state index >= 15 is 4.39 Å². The molecule has 3 fully saturated rings. The van der Waals surface area contributed by atoms with Crippen LogP contribution in [0, 0.1) is 5.82 Å². The Kier molecular flexibility index (Phi) is 7.20. The Bertz CT molecular complexity index is 1250. The highest BCUT2D eigenvalue weighted by atomic mass is 19.1. The molecule has 1 aromatic carbocycles. The van der Waals surface area contributed by atoms with Crippen LogP contribution in [0.2, 0.25) is 0 Å². The molecular formula is C29H39FN6O4. The summed E-state index contributed by atoms with van der Waals surface area (Å²) in [6.07, 6.45) is 2.74. The number of likely N-dealkylation sites (tertiary alicyclic amines) is 2. The quantitative estimate of drug-likeness (QED) is 0.591. The van der Waals surface area contributed by atoms with E-state index in [0.29, 0.717) is 43.9 Å². The van der Waals surface area contributed by atoms with E-state index in [0.717, 1.165) is 56.0 Å². The summed E-state index contributed by atoms with van der Waals surface area (Å²) in [4.78, 5) is 27.8. The highest BCUT2D eigenvalue weighted by molar-refractivity contribution is 5.73. The van der Waals surface area contributed by atoms with Gasteiger partial charge in [-0.2, -0.15) is 0 Å². The molecular weight excluding hydrogens is 515 g/mol. The zero-order valence-electron chi connectivity index (χ0n) is 23.8. The third kappa shape index (κ3) is 5.41. The van der Waals surface area contributed by atoms with E-state index in [9.17, 15) is 4.79 Å². The minimum atomic E-state index is -0.484. The molecule has 2 aromatic rings. The lowest BCUT2D eigenvalue weighted by Crippen LogP contribution is -2.62. The normalized spacial score (nSPS) is 22.4. The van der Waals surface area contributed by atoms with Gasteiger partial charge in [-0.1, -0.05) is 0 Å². The monoisotopic (exact) mass is 554 g/mol. The van der Waals surface area contributed by atoms with Crippen molar-refractivity contribution in [2.24, 2.45) is 0 Å². The Morgan fingerprint density at radius 3 is 2.52 bits per heavy atom. The van der Waals surface area contributed by atoms with Crippen LogP contribution in [0.4, 0.5) is 26.5 Å². The summed E-state index contributed by atoms with van der Waals surface area (Å²) < 4.78 is 32.7. The Balaban J connectivity index is 1.13. The highest BCUT2D eigenvalue weighted by Gasteiger charge is 2.39. The lowest BCUT2D eigenvalue weighted by molar-refractivity contribution is -0.0196. The van der Waals surface area contributed by atoms with Gasteiger partial charge in [-0.3, -0.25) is 4.90 Å². The van der Waals surface area contributed by atoms with Crippen LogP contribution in [0.1, 0.15) is 63.7 Å². The molecule has 216 valence electrons. The van der Waals surface area contributed by atoms with Gasteiger partial charge >= 0.3 is 6.09 Å². The van der Waals surface area contributed by atoms with Crippen molar-refractivity contribution in [3.8, 4) is 5.75 Å². The highest BCUT2D eigenvalue weighted by Crippen LogP contribution is 2.44. The minimum absolute atomic E-state index is 0.219. The summed E-state index contributed by atoms with van der Waals surface area (Å²) in [5, 5.41) is 3.38. The number of hydrogen-bond acceptors (Lipinski definition) is 9. The van der Waals surface area contributed by atoms with E-state index in [1.54, 1.807) is 17.3 Å². The number of hydrogen-bond donors (Lipinski definition) is 1. The van der Waals surface area contributed by atoms with Gasteiger partial charge in [0, 0.05) is 32.2 Å². The number of benzene rings is 1. The van der Waals surface area contributed by atoms with Crippen LogP contribution in [0.25, 0.3) is 0 Å². The van der Waals surface area contributed by atoms with Crippen molar-refractivity contribution >= 4 is 23.4 Å². The van der Waals surface area contributed by atoms with Crippen molar-refractivity contribution < 1.29 is 23.4 Å². The molecule has 0 unspecified atom stereocenters. The fraction of sp³-hybridized carbons (Fsp3) is 0.621. The molecule has 1 atom stereocenters. The summed E-state index contributed by atoms with van der Waals surface area (Å²) in [5.74, 6) is 1.55. The second-order valence-corrected chi connectivity index (χ2v) is 12.2. The van der Waals surface area contributed by atoms with E-state index in [4.69, 9.17) is 14.2 Å². The molecule has 0 saturated carbocycles. The van der Waals surface area contributed by atoms with Gasteiger partial charge in [0.05, 0.1) is 24.5 Å². The summed E-state index contributed by atoms with van der Waals surface area (Å²) >= 11 is 0. The predicted octanol–water partition coefficient (Wildman–Crippen LogP) is 4.45. The van der Waals surface area contributed by atoms with Crippen LogP contribution >= 0.6 is 0 Å². The summed E-state index contributed by atoms with van der Waals surface area (Å²) in [5.41, 5.74) is 1.91. The fourth-order valence-electron chi connectivity index (χ4n) is 6.07. The molecule has 1 N–H and O–H groups in total. The Morgan fingerprint density at radius 2 is 1.82 bits per heavy atom. The van der Waals surface area contributed by atoms with Gasteiger partial charge in [0.25, 0.3) is 0 Å². The Hall–Kier alpha value is -3.18. The molecule has 0 spiro atoms. The SMILES string of the molecule is C[C@H]1Oc2c(F)cc(C3CCN(C4CN(C(=O)OC(C)(C)C)C4)CC3)cc2Nc2ncnc(N3CCOCC3)c21. The maximum atomic E-state index is 15.5. The number of nitrogens with one attached hydrogen (secondary N) is 1. The first-order chi connectivity index (χ1) is 19.2. The van der Waals surface area contributed by atoms with E-state index in [1.165, 1.54) is 0 Å². The number of nitrogens with zero attached hydrogens (tertiary/aromatic N) is 5. The van der Waals surface area contributed by atoms with Crippen LogP contribution in [0.15, 0.2) is 18.5 Å². The van der Waals surface area contributed by atoms with Crippen LogP contribution in [0.3, 0.4) is 0 Å². The lowest BCUT2D eigenvalue weighted by Gasteiger charge is -2.47. The molecule has 6 rings (SSSR count). The molecule has 0 bridgehead atoms. The second kappa shape index (κ2) is 10.7. The molecule has 3 saturated heterocycles. The van der Waals surface area contributed by atoms with Crippen LogP contribution < -0.4 is 15.0 Å². The topological polar surface area (TPSA) is 92.3 Å². The molecule has 10 nitrogen and oxygen atoms in total. The van der Waals surface area contributed by atoms with Crippen LogP contribution in [-0.4, -0.2) is 90.0 Å². The van der Waals surface area contributed by atoms with Crippen LogP contribution in [0.5, 0.6) is 5.75 Å². The third-order valence-corrected chi connectivity index (χ3v) is 8.22. The smallest absolute Gasteiger partial charge is 0.410 e. The molecule has 5 heterocycles. The van der Waals surface area contributed by atoms with Gasteiger partial charge in [0.1, 0.15) is 29.7 Å². The van der Waals surface area contributed by atoms with E-state index in [-0.39, 0.29) is 23.6 Å². The lowest BCUT2D eigenvalue weighted by atomic mass is 9.87. The van der Waals surface area contributed by atoms with Crippen molar-refractivity contribution in [3.63, 3.8) is 0 Å². The predicted molar refractivity (Wildman–Crippen MR) is 149 cm³/mol. The zero-order valence-corrected chi connectivity index (χ0v) is 23.8. The van der Waals surface area contributed by atoms with E-state index in [1.807, 2.05) is 33.8 Å². The number of rotatable bonds is 3. The maximum Gasteiger partial charge on any atom is 0.410 e. The van der Waals surface area contributed by atoms with E-state index < -0.39 is 11.7 Å². The molecule has 0 radical (unpaired) electrons. The van der Waals surface area contributed by atoms with Crippen LogP contribution in [-0.2, 0) is 9.47 Å². The molecule has 40 heavy (non-hydrogen) atoms. The van der Waals surface area contributed by atoms with Gasteiger partial charge in [0.15, 0.2) is 11.6 Å². The number of carbonyl (C=O) groups is 1. The number of amides is 1. The number of anilines is 3. The number of fused-ring (bicyclic) bond motifs is 2. The number of morpholine rings is 1. The number of halogens is 1. The summed E-state index contributed by atoms with van der Waals surface area (Å²) in [6, 6.07) is 4.00. The largest absolute Gasteiger partial charge is 0.480 e. The standard InChI is InChI=1S/C29H39FN6O4/c1-18-24-26(31-17-32-27(24)35-9-11-38-12-10-35)33-23-14-20(13-22(30)25(23)39-18)19-5-7-34(8-6-19)21-15-36(16-21)28(37)40-29(2,3)4/h13-14,17-19,21H,5-12,15-16H2,1-4H3,(H,31,32,33)/t18-/m1/s1. The number of carbonyl (C=O) groups excluding carboxylic acids is 1. The Morgan fingerprint density at radius 1 is 1.10 bits per heavy atom. The average Bonchev–Trinajstić information content (AvgIpc) is 3.04. The zero-order chi connectivity index (χ0) is 28.0. The van der Waals surface area contributed by atoms with Crippen molar-refractivity contribution in [2.75, 3.05) is 62.7 Å². The van der Waals surface area contributed by atoms with E-state index in [2.05, 4.69) is 25.1 Å². The van der Waals surface area contributed by atoms with Crippen molar-refractivity contribution in [2.45, 2.75) is 64.2 Å². The third-order valence-electron chi connectivity index (χ3n) is 8.22. The minimum Gasteiger partial charge on any atom is -0.480 e. The second-order valence-electron chi connectivity index (χ2n) is 12.2. The van der Waals surface area contributed by atoms with Gasteiger partial charge in [-0.25, -0.2) is 19.2 Å². The number of ether oxygens (including phenoxy) is 3. The fourth-order valence-corrected chi connectivity index (χ4v) is 6.07. The molecule has 0 aliphatic carbocycles. The molecule has 1 aromatic heterocycles. The van der Waals surface area contributed by atoms with Gasteiger partial charge in [0.2, 0.25) is 0 Å². The first kappa shape index (κ1) is 27.0. The van der Waals surface area contributed by atoms with Gasteiger partial charge in [-0.05, 0) is 77.2 Å². The molecule has 4 aliphatic rings. The summed E-state index contributed by atoms with van der Waals surface area (Å²) in [6.45, 7) is 13.5. The van der Waals surface area contributed by atoms with Crippen molar-refractivity contribution in [1.82, 2.24) is 19.8 Å². The number of aromatic nitrogens is 2. The average molecular weight is 555 g/mol. The summed E-state index contributed by atoms with van der Waals surface area (Å²) in [7, 11) is 0. The maximum absolute atomic E-state index is 15.5. The Labute approximate surface area is 234 Å². The molecule has 4 aliphatic heterocycles. The molecule has 1 amide bonds. The first-order valence-electron chi connectivity index (χ1n) is 14.3. The van der Waals surface area contributed by atoms with Gasteiger partial charge in [-0.15, -0.1) is 0 Å². The van der Waals surface area contributed by atoms with Gasteiger partial charge < -0.3 is 29.3 Å². The molecule has 11 heteroatoms. The first-order valence-corrected chi connectivity index (χ1v) is 14.3.